The minimum atomic E-state index is -3.82. The quantitative estimate of drug-likeness (QED) is 0.291. The van der Waals surface area contributed by atoms with Crippen molar-refractivity contribution in [2.24, 2.45) is 0 Å². The van der Waals surface area contributed by atoms with E-state index in [-0.39, 0.29) is 27.8 Å². The van der Waals surface area contributed by atoms with Crippen LogP contribution < -0.4 is 14.3 Å². The maximum Gasteiger partial charge on any atom is 0.308 e. The van der Waals surface area contributed by atoms with E-state index >= 15 is 0 Å². The van der Waals surface area contributed by atoms with Crippen LogP contribution in [0.1, 0.15) is 18.4 Å². The van der Waals surface area contributed by atoms with Crippen LogP contribution in [0.5, 0.6) is 5.75 Å². The maximum absolute atomic E-state index is 12.8. The molecule has 1 fully saturated rings. The number of hydrogen-bond acceptors (Lipinski definition) is 7. The molecule has 0 amide bonds. The van der Waals surface area contributed by atoms with E-state index in [1.54, 1.807) is 22.8 Å². The van der Waals surface area contributed by atoms with Crippen molar-refractivity contribution in [3.05, 3.63) is 88.0 Å². The Kier molecular flexibility index (Phi) is 7.68. The van der Waals surface area contributed by atoms with Crippen LogP contribution in [-0.4, -0.2) is 51.9 Å². The summed E-state index contributed by atoms with van der Waals surface area (Å²) in [6.07, 6.45) is 1.73. The van der Waals surface area contributed by atoms with Crippen LogP contribution in [0.4, 0.5) is 0 Å². The van der Waals surface area contributed by atoms with Gasteiger partial charge in [-0.05, 0) is 60.9 Å². The van der Waals surface area contributed by atoms with Crippen molar-refractivity contribution < 1.29 is 21.6 Å². The van der Waals surface area contributed by atoms with Crippen molar-refractivity contribution in [3.63, 3.8) is 0 Å². The van der Waals surface area contributed by atoms with Crippen molar-refractivity contribution in [1.82, 2.24) is 13.6 Å². The molecular formula is C26H27N3O6S3. The molecule has 1 N–H and O–H groups in total. The number of thiazole rings is 1. The third-order valence-corrected chi connectivity index (χ3v) is 10.6. The molecule has 1 aliphatic rings. The smallest absolute Gasteiger partial charge is 0.308 e. The molecule has 1 aliphatic heterocycles. The second-order valence-corrected chi connectivity index (χ2v) is 13.6. The average molecular weight is 574 g/mol. The molecule has 12 heteroatoms. The summed E-state index contributed by atoms with van der Waals surface area (Å²) in [4.78, 5) is 12.7. The zero-order valence-electron chi connectivity index (χ0n) is 20.4. The minimum Gasteiger partial charge on any atom is -0.492 e. The number of aromatic nitrogens is 1. The van der Waals surface area contributed by atoms with Crippen LogP contribution in [0.3, 0.4) is 0 Å². The van der Waals surface area contributed by atoms with Crippen LogP contribution >= 0.6 is 11.3 Å². The Morgan fingerprint density at radius 2 is 1.55 bits per heavy atom. The number of benzene rings is 3. The molecule has 0 atom stereocenters. The summed E-state index contributed by atoms with van der Waals surface area (Å²) in [6.45, 7) is 1.55. The van der Waals surface area contributed by atoms with Gasteiger partial charge >= 0.3 is 4.87 Å². The maximum atomic E-state index is 12.8. The van der Waals surface area contributed by atoms with E-state index in [9.17, 15) is 21.6 Å². The Hall–Kier alpha value is -3.03. The average Bonchev–Trinajstić information content (AvgIpc) is 3.56. The molecule has 1 aromatic heterocycles. The number of rotatable bonds is 10. The summed E-state index contributed by atoms with van der Waals surface area (Å²) < 4.78 is 62.7. The summed E-state index contributed by atoms with van der Waals surface area (Å²) in [7, 11) is -7.32. The number of sulfonamides is 2. The fourth-order valence-corrected chi connectivity index (χ4v) is 7.90. The molecule has 1 saturated heterocycles. The third kappa shape index (κ3) is 5.69. The summed E-state index contributed by atoms with van der Waals surface area (Å²) in [5.74, 6) is 0.440. The van der Waals surface area contributed by atoms with Gasteiger partial charge in [0, 0.05) is 19.6 Å². The third-order valence-electron chi connectivity index (χ3n) is 6.32. The van der Waals surface area contributed by atoms with Crippen LogP contribution in [-0.2, 0) is 26.6 Å². The number of nitrogens with zero attached hydrogens (tertiary/aromatic N) is 2. The highest BCUT2D eigenvalue weighted by Gasteiger charge is 2.27. The molecule has 2 heterocycles. The zero-order chi connectivity index (χ0) is 26.8. The fourth-order valence-electron chi connectivity index (χ4n) is 4.34. The van der Waals surface area contributed by atoms with E-state index in [2.05, 4.69) is 4.72 Å². The summed E-state index contributed by atoms with van der Waals surface area (Å²) in [6, 6.07) is 20.4. The fraction of sp³-hybridized carbons (Fsp3) is 0.269. The molecule has 0 bridgehead atoms. The van der Waals surface area contributed by atoms with Gasteiger partial charge in [-0.25, -0.2) is 21.6 Å². The highest BCUT2D eigenvalue weighted by molar-refractivity contribution is 7.89. The zero-order valence-corrected chi connectivity index (χ0v) is 22.9. The molecule has 0 unspecified atom stereocenters. The predicted molar refractivity (Wildman–Crippen MR) is 147 cm³/mol. The van der Waals surface area contributed by atoms with E-state index in [0.29, 0.717) is 35.6 Å². The molecule has 0 spiro atoms. The van der Waals surface area contributed by atoms with E-state index in [4.69, 9.17) is 4.74 Å². The number of ether oxygens (including phenoxy) is 1. The van der Waals surface area contributed by atoms with Crippen LogP contribution in [0.25, 0.3) is 10.2 Å². The normalized spacial score (nSPS) is 14.7. The first-order valence-electron chi connectivity index (χ1n) is 12.1. The van der Waals surface area contributed by atoms with E-state index in [1.165, 1.54) is 28.6 Å². The first-order valence-corrected chi connectivity index (χ1v) is 15.9. The monoisotopic (exact) mass is 573 g/mol. The summed E-state index contributed by atoms with van der Waals surface area (Å²) >= 11 is 1.01. The SMILES string of the molecule is O=c1sc2cc(S(=O)(=O)NCCOc3ccc(S(=O)(=O)N4CCCC4)cc3)ccc2n1Cc1ccccc1. The molecule has 0 aliphatic carbocycles. The second-order valence-electron chi connectivity index (χ2n) is 8.90. The lowest BCUT2D eigenvalue weighted by Crippen LogP contribution is -2.28. The lowest BCUT2D eigenvalue weighted by molar-refractivity contribution is 0.322. The van der Waals surface area contributed by atoms with Gasteiger partial charge in [0.25, 0.3) is 0 Å². The number of fused-ring (bicyclic) bond motifs is 1. The van der Waals surface area contributed by atoms with E-state index in [0.717, 1.165) is 29.7 Å². The topological polar surface area (TPSA) is 115 Å². The first kappa shape index (κ1) is 26.6. The molecule has 3 aromatic carbocycles. The first-order chi connectivity index (χ1) is 18.2. The van der Waals surface area contributed by atoms with E-state index < -0.39 is 20.0 Å². The molecule has 5 rings (SSSR count). The van der Waals surface area contributed by atoms with Crippen molar-refractivity contribution in [2.45, 2.75) is 29.2 Å². The van der Waals surface area contributed by atoms with Crippen molar-refractivity contribution >= 4 is 41.6 Å². The van der Waals surface area contributed by atoms with Gasteiger partial charge in [0.2, 0.25) is 20.0 Å². The van der Waals surface area contributed by atoms with Crippen LogP contribution in [0.2, 0.25) is 0 Å². The van der Waals surface area contributed by atoms with Crippen molar-refractivity contribution in [2.75, 3.05) is 26.2 Å². The minimum absolute atomic E-state index is 0.0133. The number of nitrogens with one attached hydrogen (secondary N) is 1. The lowest BCUT2D eigenvalue weighted by atomic mass is 10.2. The van der Waals surface area contributed by atoms with Crippen molar-refractivity contribution in [1.29, 1.82) is 0 Å². The van der Waals surface area contributed by atoms with E-state index in [1.807, 2.05) is 30.3 Å². The highest BCUT2D eigenvalue weighted by Crippen LogP contribution is 2.24. The highest BCUT2D eigenvalue weighted by atomic mass is 32.2. The molecule has 4 aromatic rings. The van der Waals surface area contributed by atoms with Gasteiger partial charge in [0.15, 0.2) is 0 Å². The largest absolute Gasteiger partial charge is 0.492 e. The van der Waals surface area contributed by atoms with Gasteiger partial charge in [-0.1, -0.05) is 41.7 Å². The molecule has 0 saturated carbocycles. The van der Waals surface area contributed by atoms with Gasteiger partial charge in [-0.2, -0.15) is 4.31 Å². The Morgan fingerprint density at radius 3 is 2.26 bits per heavy atom. The Labute approximate surface area is 225 Å². The van der Waals surface area contributed by atoms with Crippen LogP contribution in [0, 0.1) is 0 Å². The molecule has 9 nitrogen and oxygen atoms in total. The molecular weight excluding hydrogens is 547 g/mol. The molecule has 38 heavy (non-hydrogen) atoms. The predicted octanol–water partition coefficient (Wildman–Crippen LogP) is 3.25. The Bertz CT molecular complexity index is 1690. The van der Waals surface area contributed by atoms with Gasteiger partial charge < -0.3 is 4.74 Å². The Morgan fingerprint density at radius 1 is 0.868 bits per heavy atom. The van der Waals surface area contributed by atoms with Crippen molar-refractivity contribution in [3.8, 4) is 5.75 Å². The lowest BCUT2D eigenvalue weighted by Gasteiger charge is -2.15. The molecule has 200 valence electrons. The number of hydrogen-bond donors (Lipinski definition) is 1. The Balaban J connectivity index is 1.19. The standard InChI is InChI=1S/C26H27N3O6S3/c30-26-29(19-20-6-2-1-3-7-20)24-13-12-23(18-25(24)36-26)37(31,32)27-14-17-35-21-8-10-22(11-9-21)38(33,34)28-15-4-5-16-28/h1-3,6-13,18,27H,4-5,14-17,19H2. The molecule has 0 radical (unpaired) electrons. The van der Waals surface area contributed by atoms with Gasteiger partial charge in [0.1, 0.15) is 12.4 Å². The summed E-state index contributed by atoms with van der Waals surface area (Å²) in [5.41, 5.74) is 1.66. The van der Waals surface area contributed by atoms with Gasteiger partial charge in [0.05, 0.1) is 26.6 Å². The summed E-state index contributed by atoms with van der Waals surface area (Å²) in [5, 5.41) is 0. The van der Waals surface area contributed by atoms with Gasteiger partial charge in [-0.3, -0.25) is 9.36 Å². The van der Waals surface area contributed by atoms with Gasteiger partial charge in [-0.15, -0.1) is 0 Å². The second kappa shape index (κ2) is 11.0. The van der Waals surface area contributed by atoms with Crippen LogP contribution in [0.15, 0.2) is 87.4 Å².